The molecule has 0 aromatic heterocycles. The van der Waals surface area contributed by atoms with Crippen LogP contribution < -0.4 is 4.74 Å². The Kier molecular flexibility index (Phi) is 4.22. The Morgan fingerprint density at radius 1 is 1.44 bits per heavy atom. The highest BCUT2D eigenvalue weighted by Gasteiger charge is 2.35. The molecule has 1 unspecified atom stereocenters. The van der Waals surface area contributed by atoms with Gasteiger partial charge in [-0.3, -0.25) is 0 Å². The first-order valence-electron chi connectivity index (χ1n) is 6.49. The minimum Gasteiger partial charge on any atom is -0.492 e. The zero-order chi connectivity index (χ0) is 12.8. The molecule has 0 aliphatic carbocycles. The van der Waals surface area contributed by atoms with Gasteiger partial charge in [0.05, 0.1) is 11.5 Å². The number of nitrogens with zero attached hydrogens (tertiary/aromatic N) is 1. The van der Waals surface area contributed by atoms with Crippen LogP contribution in [0, 0.1) is 16.7 Å². The molecular formula is C15H19NO2. The molecule has 0 N–H and O–H groups in total. The van der Waals surface area contributed by atoms with E-state index >= 15 is 0 Å². The summed E-state index contributed by atoms with van der Waals surface area (Å²) < 4.78 is 11.1. The lowest BCUT2D eigenvalue weighted by Crippen LogP contribution is -2.33. The summed E-state index contributed by atoms with van der Waals surface area (Å²) in [7, 11) is 0. The number of rotatable bonds is 5. The third kappa shape index (κ3) is 2.83. The van der Waals surface area contributed by atoms with E-state index in [-0.39, 0.29) is 5.41 Å². The summed E-state index contributed by atoms with van der Waals surface area (Å²) in [5.74, 6) is 0.924. The van der Waals surface area contributed by atoms with E-state index in [0.717, 1.165) is 43.8 Å². The summed E-state index contributed by atoms with van der Waals surface area (Å²) >= 11 is 0. The lowest BCUT2D eigenvalue weighted by molar-refractivity contribution is 0.114. The van der Waals surface area contributed by atoms with Gasteiger partial charge in [0.15, 0.2) is 0 Å². The molecule has 0 bridgehead atoms. The van der Waals surface area contributed by atoms with Gasteiger partial charge < -0.3 is 9.47 Å². The maximum Gasteiger partial charge on any atom is 0.122 e. The maximum absolute atomic E-state index is 9.45. The van der Waals surface area contributed by atoms with Crippen molar-refractivity contribution < 1.29 is 9.47 Å². The van der Waals surface area contributed by atoms with Crippen LogP contribution in [0.4, 0.5) is 0 Å². The van der Waals surface area contributed by atoms with E-state index in [2.05, 4.69) is 6.07 Å². The second kappa shape index (κ2) is 5.88. The van der Waals surface area contributed by atoms with Crippen LogP contribution in [0.5, 0.6) is 5.75 Å². The van der Waals surface area contributed by atoms with Crippen LogP contribution in [0.15, 0.2) is 24.3 Å². The number of fused-ring (bicyclic) bond motifs is 1. The molecule has 0 saturated heterocycles. The van der Waals surface area contributed by atoms with Gasteiger partial charge >= 0.3 is 0 Å². The highest BCUT2D eigenvalue weighted by atomic mass is 16.5. The molecule has 1 aliphatic rings. The molecule has 1 aromatic rings. The Labute approximate surface area is 108 Å². The molecule has 0 fully saturated rings. The zero-order valence-electron chi connectivity index (χ0n) is 10.8. The first-order valence-corrected chi connectivity index (χ1v) is 6.49. The molecule has 96 valence electrons. The van der Waals surface area contributed by atoms with E-state index in [0.29, 0.717) is 6.61 Å². The van der Waals surface area contributed by atoms with E-state index in [9.17, 15) is 5.26 Å². The number of para-hydroxylation sites is 1. The largest absolute Gasteiger partial charge is 0.492 e. The third-order valence-corrected chi connectivity index (χ3v) is 3.39. The molecule has 0 radical (unpaired) electrons. The van der Waals surface area contributed by atoms with Gasteiger partial charge in [0.1, 0.15) is 12.4 Å². The second-order valence-corrected chi connectivity index (χ2v) is 4.77. The molecule has 2 rings (SSSR count). The standard InChI is InChI=1S/C15H19NO2/c1-2-17-9-5-8-15(11-16)10-13-6-3-4-7-14(13)18-12-15/h3-4,6-7H,2,5,8-10,12H2,1H3. The van der Waals surface area contributed by atoms with Crippen molar-refractivity contribution in [2.75, 3.05) is 19.8 Å². The predicted octanol–water partition coefficient (Wildman–Crippen LogP) is 2.95. The average Bonchev–Trinajstić information content (AvgIpc) is 2.43. The van der Waals surface area contributed by atoms with Crippen molar-refractivity contribution in [1.82, 2.24) is 0 Å². The number of benzene rings is 1. The second-order valence-electron chi connectivity index (χ2n) is 4.77. The fraction of sp³-hybridized carbons (Fsp3) is 0.533. The van der Waals surface area contributed by atoms with Gasteiger partial charge in [0, 0.05) is 13.2 Å². The van der Waals surface area contributed by atoms with Crippen molar-refractivity contribution in [3.05, 3.63) is 29.8 Å². The maximum atomic E-state index is 9.45. The van der Waals surface area contributed by atoms with E-state index in [1.54, 1.807) is 0 Å². The predicted molar refractivity (Wildman–Crippen MR) is 69.4 cm³/mol. The van der Waals surface area contributed by atoms with Gasteiger partial charge in [-0.2, -0.15) is 5.26 Å². The normalized spacial score (nSPS) is 21.8. The highest BCUT2D eigenvalue weighted by Crippen LogP contribution is 2.37. The molecule has 0 saturated carbocycles. The monoisotopic (exact) mass is 245 g/mol. The quantitative estimate of drug-likeness (QED) is 0.749. The van der Waals surface area contributed by atoms with E-state index in [1.165, 1.54) is 0 Å². The van der Waals surface area contributed by atoms with Gasteiger partial charge in [0.2, 0.25) is 0 Å². The van der Waals surface area contributed by atoms with Crippen LogP contribution in [0.3, 0.4) is 0 Å². The molecule has 3 nitrogen and oxygen atoms in total. The highest BCUT2D eigenvalue weighted by molar-refractivity contribution is 5.37. The lowest BCUT2D eigenvalue weighted by Gasteiger charge is -2.32. The van der Waals surface area contributed by atoms with Crippen molar-refractivity contribution >= 4 is 0 Å². The van der Waals surface area contributed by atoms with Crippen LogP contribution in [-0.2, 0) is 11.2 Å². The van der Waals surface area contributed by atoms with Crippen molar-refractivity contribution in [2.24, 2.45) is 5.41 Å². The smallest absolute Gasteiger partial charge is 0.122 e. The molecule has 0 amide bonds. The molecule has 0 spiro atoms. The number of ether oxygens (including phenoxy) is 2. The molecule has 1 aliphatic heterocycles. The number of hydrogen-bond donors (Lipinski definition) is 0. The van der Waals surface area contributed by atoms with Gasteiger partial charge in [-0.15, -0.1) is 0 Å². The van der Waals surface area contributed by atoms with E-state index in [4.69, 9.17) is 9.47 Å². The summed E-state index contributed by atoms with van der Waals surface area (Å²) in [5, 5.41) is 9.45. The Hall–Kier alpha value is -1.53. The third-order valence-electron chi connectivity index (χ3n) is 3.39. The minimum absolute atomic E-state index is 0.383. The molecule has 1 aromatic carbocycles. The first-order chi connectivity index (χ1) is 8.79. The lowest BCUT2D eigenvalue weighted by atomic mass is 9.78. The Morgan fingerprint density at radius 3 is 3.06 bits per heavy atom. The van der Waals surface area contributed by atoms with Crippen LogP contribution >= 0.6 is 0 Å². The van der Waals surface area contributed by atoms with Crippen LogP contribution in [-0.4, -0.2) is 19.8 Å². The van der Waals surface area contributed by atoms with Crippen LogP contribution in [0.25, 0.3) is 0 Å². The molecule has 3 heteroatoms. The van der Waals surface area contributed by atoms with Gasteiger partial charge in [0.25, 0.3) is 0 Å². The van der Waals surface area contributed by atoms with Gasteiger partial charge in [-0.05, 0) is 37.8 Å². The van der Waals surface area contributed by atoms with E-state index in [1.807, 2.05) is 31.2 Å². The number of hydrogen-bond acceptors (Lipinski definition) is 3. The minimum atomic E-state index is -0.383. The summed E-state index contributed by atoms with van der Waals surface area (Å²) in [5.41, 5.74) is 0.757. The first kappa shape index (κ1) is 12.9. The van der Waals surface area contributed by atoms with Gasteiger partial charge in [-0.25, -0.2) is 0 Å². The van der Waals surface area contributed by atoms with Crippen LogP contribution in [0.2, 0.25) is 0 Å². The molecule has 1 heterocycles. The fourth-order valence-electron chi connectivity index (χ4n) is 2.37. The summed E-state index contributed by atoms with van der Waals surface area (Å²) in [6.45, 7) is 3.94. The summed E-state index contributed by atoms with van der Waals surface area (Å²) in [4.78, 5) is 0. The van der Waals surface area contributed by atoms with Crippen molar-refractivity contribution in [3.63, 3.8) is 0 Å². The zero-order valence-corrected chi connectivity index (χ0v) is 10.8. The van der Waals surface area contributed by atoms with Crippen molar-refractivity contribution in [1.29, 1.82) is 5.26 Å². The Morgan fingerprint density at radius 2 is 2.28 bits per heavy atom. The fourth-order valence-corrected chi connectivity index (χ4v) is 2.37. The average molecular weight is 245 g/mol. The summed E-state index contributed by atoms with van der Waals surface area (Å²) in [6.07, 6.45) is 2.52. The van der Waals surface area contributed by atoms with Crippen molar-refractivity contribution in [3.8, 4) is 11.8 Å². The topological polar surface area (TPSA) is 42.2 Å². The van der Waals surface area contributed by atoms with Crippen molar-refractivity contribution in [2.45, 2.75) is 26.2 Å². The number of nitriles is 1. The Balaban J connectivity index is 2.01. The molecule has 1 atom stereocenters. The SMILES string of the molecule is CCOCCCC1(C#N)COc2ccccc2C1. The molecular weight excluding hydrogens is 226 g/mol. The van der Waals surface area contributed by atoms with Gasteiger partial charge in [-0.1, -0.05) is 18.2 Å². The Bertz CT molecular complexity index is 438. The summed E-state index contributed by atoms with van der Waals surface area (Å²) in [6, 6.07) is 10.4. The van der Waals surface area contributed by atoms with E-state index < -0.39 is 0 Å². The molecule has 18 heavy (non-hydrogen) atoms. The van der Waals surface area contributed by atoms with Crippen LogP contribution in [0.1, 0.15) is 25.3 Å².